The number of hydrogen-bond acceptors (Lipinski definition) is 3. The number of carbonyl (C=O) groups excluding carboxylic acids is 1. The van der Waals surface area contributed by atoms with Crippen molar-refractivity contribution >= 4 is 45.0 Å². The lowest BCUT2D eigenvalue weighted by Gasteiger charge is -2.48. The largest absolute Gasteiger partial charge is 0.369 e. The fourth-order valence-corrected chi connectivity index (χ4v) is 6.54. The summed E-state index contributed by atoms with van der Waals surface area (Å²) in [5.41, 5.74) is 8.29. The molecule has 0 spiro atoms. The van der Waals surface area contributed by atoms with Crippen molar-refractivity contribution in [2.24, 2.45) is 5.73 Å². The van der Waals surface area contributed by atoms with Gasteiger partial charge in [0.1, 0.15) is 4.60 Å². The standard InChI is InChI=1S/C26H24BrCl2N3O/c27-23-12-9-16(15-31-23)26(25(30)33)13-17-10-11-18(14-26)32(17)24(19-5-1-3-7-21(19)28)20-6-2-4-8-22(20)29/h1-9,12,15,17-18,24H,10-11,13-14H2,(H2,30,33)/t17-,18+,26?. The summed E-state index contributed by atoms with van der Waals surface area (Å²) < 4.78 is 0.740. The number of nitrogens with zero attached hydrogens (tertiary/aromatic N) is 2. The number of nitrogens with two attached hydrogens (primary N) is 1. The number of aromatic nitrogens is 1. The fraction of sp³-hybridized carbons (Fsp3) is 0.308. The number of piperidine rings is 1. The number of carbonyl (C=O) groups is 1. The zero-order chi connectivity index (χ0) is 23.2. The third-order valence-electron chi connectivity index (χ3n) is 7.29. The Labute approximate surface area is 212 Å². The van der Waals surface area contributed by atoms with Crippen LogP contribution >= 0.6 is 39.1 Å². The summed E-state index contributed by atoms with van der Waals surface area (Å²) in [7, 11) is 0. The van der Waals surface area contributed by atoms with Crippen molar-refractivity contribution < 1.29 is 4.79 Å². The highest BCUT2D eigenvalue weighted by atomic mass is 79.9. The second-order valence-corrected chi connectivity index (χ2v) is 10.6. The van der Waals surface area contributed by atoms with Gasteiger partial charge in [-0.05, 0) is 76.5 Å². The van der Waals surface area contributed by atoms with E-state index in [1.165, 1.54) is 0 Å². The molecule has 5 rings (SSSR count). The predicted molar refractivity (Wildman–Crippen MR) is 135 cm³/mol. The molecule has 2 aliphatic rings. The molecule has 4 nitrogen and oxygen atoms in total. The van der Waals surface area contributed by atoms with Crippen LogP contribution in [0.5, 0.6) is 0 Å². The van der Waals surface area contributed by atoms with E-state index in [1.54, 1.807) is 6.20 Å². The van der Waals surface area contributed by atoms with Gasteiger partial charge in [0, 0.05) is 28.3 Å². The Hall–Kier alpha value is -1.92. The van der Waals surface area contributed by atoms with E-state index in [4.69, 9.17) is 28.9 Å². The lowest BCUT2D eigenvalue weighted by molar-refractivity contribution is -0.127. The maximum Gasteiger partial charge on any atom is 0.228 e. The molecule has 170 valence electrons. The normalized spacial score (nSPS) is 24.8. The number of halogens is 3. The average Bonchev–Trinajstić information content (AvgIpc) is 3.06. The van der Waals surface area contributed by atoms with Crippen LogP contribution < -0.4 is 5.73 Å². The molecule has 1 unspecified atom stereocenters. The van der Waals surface area contributed by atoms with E-state index in [9.17, 15) is 4.79 Å². The van der Waals surface area contributed by atoms with Crippen LogP contribution in [0.4, 0.5) is 0 Å². The predicted octanol–water partition coefficient (Wildman–Crippen LogP) is 6.29. The Kier molecular flexibility index (Phi) is 6.25. The second-order valence-electron chi connectivity index (χ2n) is 9.00. The third-order valence-corrected chi connectivity index (χ3v) is 8.45. The zero-order valence-electron chi connectivity index (χ0n) is 17.9. The highest BCUT2D eigenvalue weighted by molar-refractivity contribution is 9.10. The van der Waals surface area contributed by atoms with Crippen LogP contribution in [-0.4, -0.2) is 27.9 Å². The molecule has 3 atom stereocenters. The first-order valence-corrected chi connectivity index (χ1v) is 12.6. The number of primary amides is 1. The summed E-state index contributed by atoms with van der Waals surface area (Å²) in [6, 6.07) is 20.0. The van der Waals surface area contributed by atoms with Crippen molar-refractivity contribution in [2.45, 2.75) is 49.2 Å². The molecule has 1 amide bonds. The molecule has 2 aromatic carbocycles. The van der Waals surface area contributed by atoms with Crippen LogP contribution in [0.2, 0.25) is 10.0 Å². The molecule has 2 bridgehead atoms. The molecule has 3 aromatic rings. The van der Waals surface area contributed by atoms with Gasteiger partial charge in [0.25, 0.3) is 0 Å². The van der Waals surface area contributed by atoms with Gasteiger partial charge in [-0.3, -0.25) is 9.69 Å². The monoisotopic (exact) mass is 543 g/mol. The molecule has 1 aromatic heterocycles. The van der Waals surface area contributed by atoms with Gasteiger partial charge in [-0.1, -0.05) is 65.7 Å². The Balaban J connectivity index is 1.60. The highest BCUT2D eigenvalue weighted by Gasteiger charge is 2.54. The molecule has 2 saturated heterocycles. The van der Waals surface area contributed by atoms with E-state index >= 15 is 0 Å². The topological polar surface area (TPSA) is 59.2 Å². The first kappa shape index (κ1) is 22.9. The summed E-state index contributed by atoms with van der Waals surface area (Å²) in [4.78, 5) is 19.8. The lowest BCUT2D eigenvalue weighted by Crippen LogP contribution is -2.55. The number of amides is 1. The van der Waals surface area contributed by atoms with Gasteiger partial charge in [-0.15, -0.1) is 0 Å². The molecule has 0 saturated carbocycles. The quantitative estimate of drug-likeness (QED) is 0.384. The summed E-state index contributed by atoms with van der Waals surface area (Å²) >= 11 is 16.8. The van der Waals surface area contributed by atoms with Gasteiger partial charge in [-0.2, -0.15) is 0 Å². The van der Waals surface area contributed by atoms with Crippen molar-refractivity contribution in [2.75, 3.05) is 0 Å². The summed E-state index contributed by atoms with van der Waals surface area (Å²) in [5.74, 6) is -0.282. The smallest absolute Gasteiger partial charge is 0.228 e. The molecule has 0 aliphatic carbocycles. The number of hydrogen-bond donors (Lipinski definition) is 1. The zero-order valence-corrected chi connectivity index (χ0v) is 21.0. The molecule has 2 aliphatic heterocycles. The number of pyridine rings is 1. The fourth-order valence-electron chi connectivity index (χ4n) is 5.83. The molecule has 2 fully saturated rings. The average molecular weight is 545 g/mol. The van der Waals surface area contributed by atoms with E-state index in [0.717, 1.165) is 34.1 Å². The van der Waals surface area contributed by atoms with E-state index < -0.39 is 5.41 Å². The van der Waals surface area contributed by atoms with Crippen molar-refractivity contribution in [1.82, 2.24) is 9.88 Å². The van der Waals surface area contributed by atoms with Crippen molar-refractivity contribution in [3.05, 3.63) is 98.2 Å². The van der Waals surface area contributed by atoms with Gasteiger partial charge in [-0.25, -0.2) is 4.98 Å². The Bertz CT molecular complexity index is 1130. The molecule has 2 N–H and O–H groups in total. The third kappa shape index (κ3) is 3.99. The van der Waals surface area contributed by atoms with Crippen LogP contribution in [0.3, 0.4) is 0 Å². The van der Waals surface area contributed by atoms with Crippen LogP contribution in [-0.2, 0) is 10.2 Å². The molecule has 0 radical (unpaired) electrons. The van der Waals surface area contributed by atoms with E-state index in [2.05, 4.69) is 37.9 Å². The molecular weight excluding hydrogens is 521 g/mol. The van der Waals surface area contributed by atoms with E-state index in [1.807, 2.05) is 48.5 Å². The van der Waals surface area contributed by atoms with E-state index in [-0.39, 0.29) is 24.0 Å². The molecule has 7 heteroatoms. The summed E-state index contributed by atoms with van der Waals surface area (Å²) in [6.45, 7) is 0. The van der Waals surface area contributed by atoms with Crippen LogP contribution in [0.1, 0.15) is 48.4 Å². The first-order valence-electron chi connectivity index (χ1n) is 11.1. The van der Waals surface area contributed by atoms with Gasteiger partial charge in [0.2, 0.25) is 5.91 Å². The first-order chi connectivity index (χ1) is 15.9. The number of benzene rings is 2. The number of rotatable bonds is 5. The van der Waals surface area contributed by atoms with Crippen LogP contribution in [0, 0.1) is 0 Å². The van der Waals surface area contributed by atoms with Crippen LogP contribution in [0.15, 0.2) is 71.5 Å². The number of fused-ring (bicyclic) bond motifs is 2. The minimum Gasteiger partial charge on any atom is -0.369 e. The Morgan fingerprint density at radius 2 is 1.52 bits per heavy atom. The van der Waals surface area contributed by atoms with Crippen molar-refractivity contribution in [1.29, 1.82) is 0 Å². The van der Waals surface area contributed by atoms with Gasteiger partial charge >= 0.3 is 0 Å². The minimum atomic E-state index is -0.735. The second kappa shape index (κ2) is 9.03. The SMILES string of the molecule is NC(=O)C1(c2ccc(Br)nc2)C[C@H]2CC[C@@H](C1)N2C(c1ccccc1Cl)c1ccccc1Cl. The van der Waals surface area contributed by atoms with Crippen molar-refractivity contribution in [3.8, 4) is 0 Å². The highest BCUT2D eigenvalue weighted by Crippen LogP contribution is 2.52. The van der Waals surface area contributed by atoms with Gasteiger partial charge in [0.05, 0.1) is 11.5 Å². The van der Waals surface area contributed by atoms with Crippen molar-refractivity contribution in [3.63, 3.8) is 0 Å². The Morgan fingerprint density at radius 3 is 1.97 bits per heavy atom. The van der Waals surface area contributed by atoms with Crippen LogP contribution in [0.25, 0.3) is 0 Å². The Morgan fingerprint density at radius 1 is 0.970 bits per heavy atom. The van der Waals surface area contributed by atoms with E-state index in [0.29, 0.717) is 22.9 Å². The maximum atomic E-state index is 12.9. The summed E-state index contributed by atoms with van der Waals surface area (Å²) in [6.07, 6.45) is 5.06. The molecule has 3 heterocycles. The van der Waals surface area contributed by atoms with Gasteiger partial charge in [0.15, 0.2) is 0 Å². The summed E-state index contributed by atoms with van der Waals surface area (Å²) in [5, 5.41) is 1.43. The lowest BCUT2D eigenvalue weighted by atomic mass is 9.69. The molecule has 33 heavy (non-hydrogen) atoms. The van der Waals surface area contributed by atoms with Gasteiger partial charge < -0.3 is 5.73 Å². The molecular formula is C26H24BrCl2N3O. The maximum absolute atomic E-state index is 12.9. The minimum absolute atomic E-state index is 0.0983.